The van der Waals surface area contributed by atoms with Crippen molar-refractivity contribution in [3.8, 4) is 0 Å². The summed E-state index contributed by atoms with van der Waals surface area (Å²) in [4.78, 5) is 24.9. The molecule has 0 aliphatic carbocycles. The number of aromatic nitrogens is 1. The average molecular weight is 429 g/mol. The van der Waals surface area contributed by atoms with Gasteiger partial charge in [0.05, 0.1) is 23.6 Å². The summed E-state index contributed by atoms with van der Waals surface area (Å²) < 4.78 is 37.6. The Balaban J connectivity index is 2.09. The maximum absolute atomic E-state index is 13.2. The molecule has 0 fully saturated rings. The summed E-state index contributed by atoms with van der Waals surface area (Å²) >= 11 is 0. The van der Waals surface area contributed by atoms with Gasteiger partial charge in [0.25, 0.3) is 10.0 Å². The normalized spacial score (nSPS) is 11.6. The molecule has 0 unspecified atom stereocenters. The van der Waals surface area contributed by atoms with Gasteiger partial charge in [-0.15, -0.1) is 0 Å². The number of fused-ring (bicyclic) bond motifs is 1. The van der Waals surface area contributed by atoms with E-state index in [2.05, 4.69) is 0 Å². The van der Waals surface area contributed by atoms with Crippen LogP contribution in [0.1, 0.15) is 19.4 Å². The zero-order chi connectivity index (χ0) is 21.7. The van der Waals surface area contributed by atoms with E-state index in [1.54, 1.807) is 56.3 Å². The summed E-state index contributed by atoms with van der Waals surface area (Å²) in [5.74, 6) is -2.57. The van der Waals surface area contributed by atoms with Crippen LogP contribution < -0.4 is 0 Å². The molecule has 0 atom stereocenters. The van der Waals surface area contributed by atoms with Crippen LogP contribution in [0.4, 0.5) is 0 Å². The Hall–Kier alpha value is -3.13. The van der Waals surface area contributed by atoms with E-state index >= 15 is 0 Å². The van der Waals surface area contributed by atoms with Gasteiger partial charge < -0.3 is 9.47 Å². The number of hydrogen-bond donors (Lipinski definition) is 0. The minimum atomic E-state index is -3.86. The molecule has 0 saturated carbocycles. The van der Waals surface area contributed by atoms with Crippen LogP contribution in [0.25, 0.3) is 10.9 Å². The molecule has 0 bridgehead atoms. The second kappa shape index (κ2) is 9.13. The molecule has 2 aromatic carbocycles. The van der Waals surface area contributed by atoms with Crippen LogP contribution in [0.5, 0.6) is 0 Å². The van der Waals surface area contributed by atoms with Crippen LogP contribution in [0, 0.1) is 5.92 Å². The molecule has 3 aromatic rings. The van der Waals surface area contributed by atoms with Crippen LogP contribution in [0.15, 0.2) is 65.7 Å². The molecule has 30 heavy (non-hydrogen) atoms. The molecule has 1 aromatic heterocycles. The Morgan fingerprint density at radius 1 is 0.900 bits per heavy atom. The van der Waals surface area contributed by atoms with Gasteiger partial charge in [-0.1, -0.05) is 36.4 Å². The largest absolute Gasteiger partial charge is 0.465 e. The molecule has 0 saturated heterocycles. The molecule has 0 N–H and O–H groups in total. The van der Waals surface area contributed by atoms with Crippen LogP contribution in [-0.2, 0) is 35.5 Å². The monoisotopic (exact) mass is 429 g/mol. The first kappa shape index (κ1) is 21.6. The molecule has 0 radical (unpaired) electrons. The SMILES string of the molecule is CCOC(=O)C(Cc1cn(S(=O)(=O)c2ccccc2)c2ccccc12)C(=O)OCC. The molecular formula is C22H23NO6S. The standard InChI is InChI=1S/C22H23NO6S/c1-3-28-21(24)19(22(25)29-4-2)14-16-15-23(20-13-9-8-12-18(16)20)30(26,27)17-10-6-5-7-11-17/h5-13,15,19H,3-4,14H2,1-2H3. The molecule has 1 heterocycles. The molecule has 0 aliphatic heterocycles. The van der Waals surface area contributed by atoms with E-state index in [0.717, 1.165) is 0 Å². The third-order valence-electron chi connectivity index (χ3n) is 4.63. The number of carbonyl (C=O) groups excluding carboxylic acids is 2. The predicted molar refractivity (Wildman–Crippen MR) is 111 cm³/mol. The van der Waals surface area contributed by atoms with Crippen LogP contribution in [0.2, 0.25) is 0 Å². The number of nitrogens with zero attached hydrogens (tertiary/aromatic N) is 1. The summed E-state index contributed by atoms with van der Waals surface area (Å²) in [6.07, 6.45) is 1.42. The lowest BCUT2D eigenvalue weighted by Gasteiger charge is -2.14. The number of carbonyl (C=O) groups is 2. The highest BCUT2D eigenvalue weighted by Crippen LogP contribution is 2.28. The van der Waals surface area contributed by atoms with Crippen LogP contribution in [-0.4, -0.2) is 37.5 Å². The van der Waals surface area contributed by atoms with Crippen molar-refractivity contribution >= 4 is 32.9 Å². The van der Waals surface area contributed by atoms with Crippen molar-refractivity contribution in [2.24, 2.45) is 5.92 Å². The minimum Gasteiger partial charge on any atom is -0.465 e. The van der Waals surface area contributed by atoms with Crippen LogP contribution >= 0.6 is 0 Å². The van der Waals surface area contributed by atoms with Crippen molar-refractivity contribution in [3.05, 3.63) is 66.4 Å². The maximum Gasteiger partial charge on any atom is 0.320 e. The fourth-order valence-corrected chi connectivity index (χ4v) is 4.67. The van der Waals surface area contributed by atoms with Crippen molar-refractivity contribution in [2.45, 2.75) is 25.2 Å². The van der Waals surface area contributed by atoms with Gasteiger partial charge in [0.1, 0.15) is 0 Å². The van der Waals surface area contributed by atoms with E-state index in [0.29, 0.717) is 16.5 Å². The number of para-hydroxylation sites is 1. The van der Waals surface area contributed by atoms with Crippen molar-refractivity contribution in [2.75, 3.05) is 13.2 Å². The zero-order valence-corrected chi connectivity index (χ0v) is 17.6. The van der Waals surface area contributed by atoms with E-state index in [-0.39, 0.29) is 24.5 Å². The highest BCUT2D eigenvalue weighted by Gasteiger charge is 2.32. The number of hydrogen-bond acceptors (Lipinski definition) is 6. The first-order valence-electron chi connectivity index (χ1n) is 9.63. The van der Waals surface area contributed by atoms with Crippen molar-refractivity contribution in [1.29, 1.82) is 0 Å². The topological polar surface area (TPSA) is 91.7 Å². The van der Waals surface area contributed by atoms with Crippen molar-refractivity contribution in [1.82, 2.24) is 3.97 Å². The Morgan fingerprint density at radius 2 is 1.47 bits per heavy atom. The third-order valence-corrected chi connectivity index (χ3v) is 6.31. The van der Waals surface area contributed by atoms with Gasteiger partial charge in [0.15, 0.2) is 5.92 Å². The summed E-state index contributed by atoms with van der Waals surface area (Å²) in [7, 11) is -3.86. The molecule has 0 spiro atoms. The Kier molecular flexibility index (Phi) is 6.56. The molecule has 0 aliphatic rings. The maximum atomic E-state index is 13.2. The second-order valence-electron chi connectivity index (χ2n) is 6.55. The number of esters is 2. The van der Waals surface area contributed by atoms with Crippen molar-refractivity contribution in [3.63, 3.8) is 0 Å². The quantitative estimate of drug-likeness (QED) is 0.403. The second-order valence-corrected chi connectivity index (χ2v) is 8.36. The van der Waals surface area contributed by atoms with E-state index in [9.17, 15) is 18.0 Å². The Bertz CT molecular complexity index is 1130. The summed E-state index contributed by atoms with van der Waals surface area (Å²) in [5, 5.41) is 0.635. The minimum absolute atomic E-state index is 0.0323. The number of benzene rings is 2. The molecule has 3 rings (SSSR count). The molecule has 158 valence electrons. The van der Waals surface area contributed by atoms with E-state index in [4.69, 9.17) is 9.47 Å². The van der Waals surface area contributed by atoms with E-state index in [1.807, 2.05) is 0 Å². The van der Waals surface area contributed by atoms with Gasteiger partial charge in [0, 0.05) is 11.6 Å². The van der Waals surface area contributed by atoms with Gasteiger partial charge in [-0.25, -0.2) is 12.4 Å². The predicted octanol–water partition coefficient (Wildman–Crippen LogP) is 3.16. The van der Waals surface area contributed by atoms with Gasteiger partial charge in [-0.3, -0.25) is 9.59 Å². The van der Waals surface area contributed by atoms with Crippen molar-refractivity contribution < 1.29 is 27.5 Å². The van der Waals surface area contributed by atoms with Crippen LogP contribution in [0.3, 0.4) is 0 Å². The first-order chi connectivity index (χ1) is 14.4. The Labute approximate surface area is 175 Å². The smallest absolute Gasteiger partial charge is 0.320 e. The lowest BCUT2D eigenvalue weighted by atomic mass is 9.99. The third kappa shape index (κ3) is 4.23. The summed E-state index contributed by atoms with van der Waals surface area (Å²) in [6.45, 7) is 3.55. The first-order valence-corrected chi connectivity index (χ1v) is 11.1. The molecule has 0 amide bonds. The van der Waals surface area contributed by atoms with Gasteiger partial charge >= 0.3 is 11.9 Å². The number of rotatable bonds is 8. The Morgan fingerprint density at radius 3 is 2.07 bits per heavy atom. The zero-order valence-electron chi connectivity index (χ0n) is 16.8. The fourth-order valence-electron chi connectivity index (χ4n) is 3.25. The van der Waals surface area contributed by atoms with E-state index < -0.39 is 27.9 Å². The highest BCUT2D eigenvalue weighted by molar-refractivity contribution is 7.90. The molecule has 8 heteroatoms. The van der Waals surface area contributed by atoms with Gasteiger partial charge in [-0.05, 0) is 44.0 Å². The molecular weight excluding hydrogens is 406 g/mol. The summed E-state index contributed by atoms with van der Waals surface area (Å²) in [5.41, 5.74) is 0.999. The fraction of sp³-hybridized carbons (Fsp3) is 0.273. The van der Waals surface area contributed by atoms with Gasteiger partial charge in [0.2, 0.25) is 0 Å². The lowest BCUT2D eigenvalue weighted by Crippen LogP contribution is -2.30. The lowest BCUT2D eigenvalue weighted by molar-refractivity contribution is -0.161. The molecule has 7 nitrogen and oxygen atoms in total. The summed E-state index contributed by atoms with van der Waals surface area (Å²) in [6, 6.07) is 15.0. The number of ether oxygens (including phenoxy) is 2. The van der Waals surface area contributed by atoms with E-state index in [1.165, 1.54) is 22.3 Å². The van der Waals surface area contributed by atoms with Gasteiger partial charge in [-0.2, -0.15) is 0 Å². The average Bonchev–Trinajstić information content (AvgIpc) is 3.12. The highest BCUT2D eigenvalue weighted by atomic mass is 32.2.